The first-order valence-corrected chi connectivity index (χ1v) is 12.2. The highest BCUT2D eigenvalue weighted by Crippen LogP contribution is 2.25. The molecule has 0 aliphatic carbocycles. The lowest BCUT2D eigenvalue weighted by Gasteiger charge is -2.35. The molecule has 0 atom stereocenters. The number of rotatable bonds is 7. The van der Waals surface area contributed by atoms with Crippen molar-refractivity contribution in [3.05, 3.63) is 83.2 Å². The first-order valence-electron chi connectivity index (χ1n) is 12.2. The third kappa shape index (κ3) is 5.38. The zero-order valence-corrected chi connectivity index (χ0v) is 20.4. The molecule has 1 fully saturated rings. The van der Waals surface area contributed by atoms with Crippen LogP contribution in [0.4, 0.5) is 0 Å². The van der Waals surface area contributed by atoms with Crippen LogP contribution >= 0.6 is 0 Å². The van der Waals surface area contributed by atoms with Crippen LogP contribution in [0, 0.1) is 6.92 Å². The molecule has 0 unspecified atom stereocenters. The molecule has 2 heterocycles. The maximum absolute atomic E-state index is 13.4. The molecule has 0 radical (unpaired) electrons. The summed E-state index contributed by atoms with van der Waals surface area (Å²) in [7, 11) is 0. The van der Waals surface area contributed by atoms with Crippen molar-refractivity contribution in [2.24, 2.45) is 0 Å². The van der Waals surface area contributed by atoms with Crippen LogP contribution in [0.2, 0.25) is 0 Å². The Balaban J connectivity index is 1.36. The first kappa shape index (κ1) is 23.7. The van der Waals surface area contributed by atoms with Gasteiger partial charge in [-0.15, -0.1) is 0 Å². The molecule has 4 rings (SSSR count). The highest BCUT2D eigenvalue weighted by atomic mass is 16.2. The topological polar surface area (TPSA) is 58.4 Å². The minimum absolute atomic E-state index is 0.00163. The van der Waals surface area contributed by atoms with E-state index in [0.29, 0.717) is 38.2 Å². The normalized spacial score (nSPS) is 14.0. The number of benzene rings is 2. The van der Waals surface area contributed by atoms with Gasteiger partial charge in [-0.2, -0.15) is 5.10 Å². The number of aryl methyl sites for hydroxylation is 2. The lowest BCUT2D eigenvalue weighted by molar-refractivity contribution is -0.132. The maximum atomic E-state index is 13.4. The fraction of sp³-hybridized carbons (Fsp3) is 0.393. The van der Waals surface area contributed by atoms with Crippen LogP contribution in [-0.4, -0.2) is 57.6 Å². The van der Waals surface area contributed by atoms with Crippen molar-refractivity contribution in [3.63, 3.8) is 0 Å². The number of hydrogen-bond donors (Lipinski definition) is 0. The van der Waals surface area contributed by atoms with Crippen molar-refractivity contribution in [2.75, 3.05) is 26.2 Å². The second-order valence-electron chi connectivity index (χ2n) is 9.36. The summed E-state index contributed by atoms with van der Waals surface area (Å²) in [4.78, 5) is 29.8. The lowest BCUT2D eigenvalue weighted by atomic mass is 10.0. The van der Waals surface area contributed by atoms with Crippen molar-refractivity contribution in [1.29, 1.82) is 0 Å². The van der Waals surface area contributed by atoms with E-state index >= 15 is 0 Å². The van der Waals surface area contributed by atoms with Crippen molar-refractivity contribution < 1.29 is 9.59 Å². The molecule has 0 N–H and O–H groups in total. The molecule has 2 aromatic carbocycles. The van der Waals surface area contributed by atoms with E-state index in [1.54, 1.807) is 6.20 Å². The van der Waals surface area contributed by atoms with Crippen LogP contribution in [0.3, 0.4) is 0 Å². The van der Waals surface area contributed by atoms with Crippen LogP contribution in [0.15, 0.2) is 60.8 Å². The Labute approximate surface area is 202 Å². The van der Waals surface area contributed by atoms with Gasteiger partial charge in [0.25, 0.3) is 5.91 Å². The smallest absolute Gasteiger partial charge is 0.257 e. The maximum Gasteiger partial charge on any atom is 0.257 e. The predicted molar refractivity (Wildman–Crippen MR) is 134 cm³/mol. The molecule has 0 spiro atoms. The van der Waals surface area contributed by atoms with E-state index in [1.807, 2.05) is 44.8 Å². The quantitative estimate of drug-likeness (QED) is 0.519. The summed E-state index contributed by atoms with van der Waals surface area (Å²) in [5.41, 5.74) is 4.98. The van der Waals surface area contributed by atoms with E-state index in [4.69, 9.17) is 0 Å². The van der Waals surface area contributed by atoms with Crippen molar-refractivity contribution in [3.8, 4) is 5.69 Å². The molecular formula is C28H34N4O2. The fourth-order valence-electron chi connectivity index (χ4n) is 4.55. The van der Waals surface area contributed by atoms with Crippen LogP contribution < -0.4 is 0 Å². The molecule has 0 saturated carbocycles. The Kier molecular flexibility index (Phi) is 7.46. The number of aromatic nitrogens is 2. The van der Waals surface area contributed by atoms with E-state index in [2.05, 4.69) is 50.1 Å². The van der Waals surface area contributed by atoms with Crippen LogP contribution in [-0.2, 0) is 11.2 Å². The molecule has 1 aliphatic rings. The molecule has 34 heavy (non-hydrogen) atoms. The van der Waals surface area contributed by atoms with E-state index in [1.165, 1.54) is 11.1 Å². The minimum atomic E-state index is -0.00163. The predicted octanol–water partition coefficient (Wildman–Crippen LogP) is 4.61. The molecule has 2 amide bonds. The average Bonchev–Trinajstić information content (AvgIpc) is 3.30. The highest BCUT2D eigenvalue weighted by Gasteiger charge is 2.28. The number of hydrogen-bond acceptors (Lipinski definition) is 3. The van der Waals surface area contributed by atoms with E-state index in [-0.39, 0.29) is 17.7 Å². The van der Waals surface area contributed by atoms with Gasteiger partial charge >= 0.3 is 0 Å². The third-order valence-corrected chi connectivity index (χ3v) is 6.48. The molecule has 6 nitrogen and oxygen atoms in total. The Morgan fingerprint density at radius 1 is 0.912 bits per heavy atom. The van der Waals surface area contributed by atoms with E-state index in [0.717, 1.165) is 24.2 Å². The summed E-state index contributed by atoms with van der Waals surface area (Å²) in [6.45, 7) is 8.50. The van der Waals surface area contributed by atoms with Gasteiger partial charge in [-0.1, -0.05) is 61.9 Å². The Morgan fingerprint density at radius 2 is 1.56 bits per heavy atom. The van der Waals surface area contributed by atoms with E-state index < -0.39 is 0 Å². The zero-order chi connectivity index (χ0) is 24.1. The summed E-state index contributed by atoms with van der Waals surface area (Å²) >= 11 is 0. The standard InChI is InChI=1S/C28H34N4O2/c1-21(2)27-25(20-29-32(27)24-14-12-22(3)13-15-24)28(34)31-18-16-30(17-19-31)26(33)11-7-10-23-8-5-4-6-9-23/h4-6,8-9,12-15,20-21H,7,10-11,16-19H2,1-3H3. The molecule has 1 saturated heterocycles. The highest BCUT2D eigenvalue weighted by molar-refractivity contribution is 5.95. The second kappa shape index (κ2) is 10.7. The summed E-state index contributed by atoms with van der Waals surface area (Å²) in [6.07, 6.45) is 3.99. The van der Waals surface area contributed by atoms with Gasteiger partial charge in [-0.3, -0.25) is 9.59 Å². The number of nitrogens with zero attached hydrogens (tertiary/aromatic N) is 4. The van der Waals surface area contributed by atoms with Crippen molar-refractivity contribution in [2.45, 2.75) is 46.0 Å². The van der Waals surface area contributed by atoms with E-state index in [9.17, 15) is 9.59 Å². The number of amides is 2. The Bertz CT molecular complexity index is 1110. The number of piperazine rings is 1. The lowest BCUT2D eigenvalue weighted by Crippen LogP contribution is -2.50. The second-order valence-corrected chi connectivity index (χ2v) is 9.36. The van der Waals surface area contributed by atoms with Gasteiger partial charge in [0, 0.05) is 32.6 Å². The summed E-state index contributed by atoms with van der Waals surface area (Å²) in [5, 5.41) is 4.56. The fourth-order valence-corrected chi connectivity index (χ4v) is 4.55. The third-order valence-electron chi connectivity index (χ3n) is 6.48. The van der Waals surface area contributed by atoms with Crippen LogP contribution in [0.5, 0.6) is 0 Å². The minimum Gasteiger partial charge on any atom is -0.339 e. The van der Waals surface area contributed by atoms with Gasteiger partial charge in [-0.05, 0) is 43.4 Å². The Hall–Kier alpha value is -3.41. The summed E-state index contributed by atoms with van der Waals surface area (Å²) in [5.74, 6) is 0.326. The summed E-state index contributed by atoms with van der Waals surface area (Å²) < 4.78 is 1.88. The molecule has 3 aromatic rings. The zero-order valence-electron chi connectivity index (χ0n) is 20.4. The monoisotopic (exact) mass is 458 g/mol. The van der Waals surface area contributed by atoms with Crippen molar-refractivity contribution >= 4 is 11.8 Å². The summed E-state index contributed by atoms with van der Waals surface area (Å²) in [6, 6.07) is 18.4. The van der Waals surface area contributed by atoms with Gasteiger partial charge in [-0.25, -0.2) is 4.68 Å². The van der Waals surface area contributed by atoms with Gasteiger partial charge in [0.05, 0.1) is 23.1 Å². The first-order chi connectivity index (χ1) is 16.4. The number of carbonyl (C=O) groups is 2. The molecule has 0 bridgehead atoms. The SMILES string of the molecule is Cc1ccc(-n2ncc(C(=O)N3CCN(C(=O)CCCc4ccccc4)CC3)c2C(C)C)cc1. The average molecular weight is 459 g/mol. The van der Waals surface area contributed by atoms with Gasteiger partial charge < -0.3 is 9.80 Å². The molecule has 178 valence electrons. The van der Waals surface area contributed by atoms with Crippen LogP contribution in [0.25, 0.3) is 5.69 Å². The molecule has 6 heteroatoms. The van der Waals surface area contributed by atoms with Crippen LogP contribution in [0.1, 0.15) is 59.8 Å². The molecule has 1 aliphatic heterocycles. The van der Waals surface area contributed by atoms with Crippen molar-refractivity contribution in [1.82, 2.24) is 19.6 Å². The largest absolute Gasteiger partial charge is 0.339 e. The van der Waals surface area contributed by atoms with Gasteiger partial charge in [0.2, 0.25) is 5.91 Å². The van der Waals surface area contributed by atoms with Gasteiger partial charge in [0.15, 0.2) is 0 Å². The van der Waals surface area contributed by atoms with Gasteiger partial charge in [0.1, 0.15) is 0 Å². The Morgan fingerprint density at radius 3 is 2.21 bits per heavy atom. The number of carbonyl (C=O) groups excluding carboxylic acids is 2. The molecular weight excluding hydrogens is 424 g/mol. The molecule has 1 aromatic heterocycles.